The number of nitrogen functional groups attached to an aromatic ring is 1. The third kappa shape index (κ3) is 3.63. The Morgan fingerprint density at radius 1 is 1.19 bits per heavy atom. The highest BCUT2D eigenvalue weighted by Crippen LogP contribution is 2.29. The Morgan fingerprint density at radius 3 is 2.62 bits per heavy atom. The van der Waals surface area contributed by atoms with E-state index in [1.54, 1.807) is 13.8 Å². The third-order valence-corrected chi connectivity index (χ3v) is 4.56. The second-order valence-electron chi connectivity index (χ2n) is 6.40. The van der Waals surface area contributed by atoms with Gasteiger partial charge in [0, 0.05) is 0 Å². The van der Waals surface area contributed by atoms with Gasteiger partial charge in [0.25, 0.3) is 0 Å². The molecule has 2 heterocycles. The molecular weight excluding hydrogens is 338 g/mol. The molecule has 1 saturated carbocycles. The fraction of sp³-hybridized carbons (Fsp3) is 0.556. The maximum Gasteiger partial charge on any atom is 0.342 e. The number of aromatic nitrogens is 2. The van der Waals surface area contributed by atoms with E-state index in [9.17, 15) is 9.59 Å². The maximum atomic E-state index is 12.1. The molecule has 2 N–H and O–H groups in total. The van der Waals surface area contributed by atoms with E-state index in [0.717, 1.165) is 25.7 Å². The number of aryl methyl sites for hydroxylation is 1. The van der Waals surface area contributed by atoms with Crippen LogP contribution in [0.15, 0.2) is 4.42 Å². The topological polar surface area (TPSA) is 118 Å². The third-order valence-electron chi connectivity index (χ3n) is 4.56. The van der Waals surface area contributed by atoms with Crippen LogP contribution in [0, 0.1) is 12.8 Å². The first-order valence-electron chi connectivity index (χ1n) is 8.90. The van der Waals surface area contributed by atoms with Gasteiger partial charge in [-0.3, -0.25) is 4.79 Å². The first kappa shape index (κ1) is 18.2. The van der Waals surface area contributed by atoms with Gasteiger partial charge in [0.15, 0.2) is 12.4 Å². The quantitative estimate of drug-likeness (QED) is 0.808. The van der Waals surface area contributed by atoms with Crippen LogP contribution in [-0.2, 0) is 20.9 Å². The first-order chi connectivity index (χ1) is 12.5. The van der Waals surface area contributed by atoms with Crippen LogP contribution in [-0.4, -0.2) is 28.5 Å². The molecule has 0 aliphatic heterocycles. The Balaban J connectivity index is 1.78. The summed E-state index contributed by atoms with van der Waals surface area (Å²) in [7, 11) is 0. The summed E-state index contributed by atoms with van der Waals surface area (Å²) >= 11 is 0. The number of esters is 2. The first-order valence-corrected chi connectivity index (χ1v) is 8.90. The normalized spacial score (nSPS) is 15.2. The van der Waals surface area contributed by atoms with Gasteiger partial charge in [-0.25, -0.2) is 9.78 Å². The molecule has 1 aliphatic rings. The van der Waals surface area contributed by atoms with E-state index in [2.05, 4.69) is 9.97 Å². The minimum absolute atomic E-state index is 0.0499. The van der Waals surface area contributed by atoms with Crippen molar-refractivity contribution in [2.24, 2.45) is 5.92 Å². The summed E-state index contributed by atoms with van der Waals surface area (Å²) in [4.78, 5) is 32.6. The van der Waals surface area contributed by atoms with Gasteiger partial charge >= 0.3 is 11.9 Å². The van der Waals surface area contributed by atoms with Crippen molar-refractivity contribution in [3.05, 3.63) is 17.1 Å². The second kappa shape index (κ2) is 7.72. The van der Waals surface area contributed by atoms with E-state index in [1.807, 2.05) is 0 Å². The number of ether oxygens (including phenoxy) is 2. The zero-order valence-electron chi connectivity index (χ0n) is 15.0. The van der Waals surface area contributed by atoms with Crippen LogP contribution in [0.5, 0.6) is 0 Å². The SMILES string of the molecule is CCOC(=O)c1c(C)oc2nc(COC(=O)C3CCCCC3)nc(N)c12. The molecule has 0 radical (unpaired) electrons. The van der Waals surface area contributed by atoms with Crippen molar-refractivity contribution in [3.63, 3.8) is 0 Å². The van der Waals surface area contributed by atoms with Crippen molar-refractivity contribution in [2.75, 3.05) is 12.3 Å². The Morgan fingerprint density at radius 2 is 1.92 bits per heavy atom. The second-order valence-corrected chi connectivity index (χ2v) is 6.40. The van der Waals surface area contributed by atoms with Crippen molar-refractivity contribution in [3.8, 4) is 0 Å². The summed E-state index contributed by atoms with van der Waals surface area (Å²) < 4.78 is 15.9. The molecule has 0 spiro atoms. The maximum absolute atomic E-state index is 12.1. The number of nitrogens with two attached hydrogens (primary N) is 1. The van der Waals surface area contributed by atoms with E-state index in [0.29, 0.717) is 11.1 Å². The molecule has 0 atom stereocenters. The molecule has 1 aliphatic carbocycles. The van der Waals surface area contributed by atoms with Crippen LogP contribution in [0.3, 0.4) is 0 Å². The Kier molecular flexibility index (Phi) is 5.39. The Hall–Kier alpha value is -2.64. The Bertz CT molecular complexity index is 824. The lowest BCUT2D eigenvalue weighted by molar-refractivity contribution is -0.151. The van der Waals surface area contributed by atoms with E-state index in [1.165, 1.54) is 6.42 Å². The van der Waals surface area contributed by atoms with Crippen molar-refractivity contribution in [1.29, 1.82) is 0 Å². The van der Waals surface area contributed by atoms with Crippen molar-refractivity contribution < 1.29 is 23.5 Å². The monoisotopic (exact) mass is 361 g/mol. The lowest BCUT2D eigenvalue weighted by Gasteiger charge is -2.19. The lowest BCUT2D eigenvalue weighted by atomic mass is 9.89. The minimum Gasteiger partial charge on any atom is -0.462 e. The average Bonchev–Trinajstić information content (AvgIpc) is 2.97. The summed E-state index contributed by atoms with van der Waals surface area (Å²) in [5.74, 6) is -0.117. The van der Waals surface area contributed by atoms with Crippen LogP contribution >= 0.6 is 0 Å². The van der Waals surface area contributed by atoms with Crippen molar-refractivity contribution in [1.82, 2.24) is 9.97 Å². The molecule has 0 amide bonds. The molecule has 26 heavy (non-hydrogen) atoms. The largest absolute Gasteiger partial charge is 0.462 e. The van der Waals surface area contributed by atoms with E-state index >= 15 is 0 Å². The number of hydrogen-bond acceptors (Lipinski definition) is 8. The molecule has 8 heteroatoms. The predicted octanol–water partition coefficient (Wildman–Crippen LogP) is 2.91. The van der Waals surface area contributed by atoms with Gasteiger partial charge in [-0.05, 0) is 26.7 Å². The van der Waals surface area contributed by atoms with Crippen LogP contribution in [0.4, 0.5) is 5.82 Å². The van der Waals surface area contributed by atoms with Crippen LogP contribution in [0.25, 0.3) is 11.1 Å². The fourth-order valence-electron chi connectivity index (χ4n) is 3.29. The van der Waals surface area contributed by atoms with E-state index < -0.39 is 5.97 Å². The molecule has 0 saturated heterocycles. The zero-order valence-corrected chi connectivity index (χ0v) is 15.0. The number of nitrogens with zero attached hydrogens (tertiary/aromatic N) is 2. The van der Waals surface area contributed by atoms with Gasteiger partial charge in [-0.1, -0.05) is 19.3 Å². The van der Waals surface area contributed by atoms with Crippen LogP contribution in [0.1, 0.15) is 61.0 Å². The standard InChI is InChI=1S/C18H23N3O5/c1-3-24-18(23)13-10(2)26-16-14(13)15(19)20-12(21-16)9-25-17(22)11-7-5-4-6-8-11/h11H,3-9H2,1-2H3,(H2,19,20,21). The van der Waals surface area contributed by atoms with Gasteiger partial charge in [-0.2, -0.15) is 4.98 Å². The lowest BCUT2D eigenvalue weighted by Crippen LogP contribution is -2.20. The van der Waals surface area contributed by atoms with Gasteiger partial charge in [0.2, 0.25) is 5.71 Å². The highest BCUT2D eigenvalue weighted by Gasteiger charge is 2.25. The number of rotatable bonds is 5. The number of hydrogen-bond donors (Lipinski definition) is 1. The number of carbonyl (C=O) groups excluding carboxylic acids is 2. The molecule has 2 aromatic rings. The number of fused-ring (bicyclic) bond motifs is 1. The smallest absolute Gasteiger partial charge is 0.342 e. The number of carbonyl (C=O) groups is 2. The molecule has 0 aromatic carbocycles. The molecule has 0 bridgehead atoms. The molecule has 0 unspecified atom stereocenters. The molecule has 8 nitrogen and oxygen atoms in total. The van der Waals surface area contributed by atoms with Crippen molar-refractivity contribution >= 4 is 28.9 Å². The molecule has 3 rings (SSSR count). The van der Waals surface area contributed by atoms with Crippen molar-refractivity contribution in [2.45, 2.75) is 52.6 Å². The fourth-order valence-corrected chi connectivity index (χ4v) is 3.29. The summed E-state index contributed by atoms with van der Waals surface area (Å²) in [6.07, 6.45) is 5.00. The van der Waals surface area contributed by atoms with E-state index in [-0.39, 0.29) is 48.0 Å². The molecule has 2 aromatic heterocycles. The summed E-state index contributed by atoms with van der Waals surface area (Å²) in [6, 6.07) is 0. The molecule has 140 valence electrons. The van der Waals surface area contributed by atoms with Gasteiger partial charge in [0.1, 0.15) is 17.1 Å². The predicted molar refractivity (Wildman–Crippen MR) is 93.3 cm³/mol. The van der Waals surface area contributed by atoms with Crippen LogP contribution < -0.4 is 5.73 Å². The highest BCUT2D eigenvalue weighted by molar-refractivity contribution is 6.07. The van der Waals surface area contributed by atoms with Gasteiger partial charge in [-0.15, -0.1) is 0 Å². The summed E-state index contributed by atoms with van der Waals surface area (Å²) in [5, 5.41) is 0.323. The van der Waals surface area contributed by atoms with Gasteiger partial charge < -0.3 is 19.6 Å². The zero-order chi connectivity index (χ0) is 18.7. The van der Waals surface area contributed by atoms with Crippen LogP contribution in [0.2, 0.25) is 0 Å². The summed E-state index contributed by atoms with van der Waals surface area (Å²) in [5.41, 5.74) is 6.40. The molecule has 1 fully saturated rings. The van der Waals surface area contributed by atoms with E-state index in [4.69, 9.17) is 19.6 Å². The summed E-state index contributed by atoms with van der Waals surface area (Å²) in [6.45, 7) is 3.51. The molecular formula is C18H23N3O5. The van der Waals surface area contributed by atoms with Gasteiger partial charge in [0.05, 0.1) is 17.9 Å². The average molecular weight is 361 g/mol. The number of furan rings is 1. The number of anilines is 1. The highest BCUT2D eigenvalue weighted by atomic mass is 16.5. The Labute approximate surface area is 151 Å². The minimum atomic E-state index is -0.532.